The maximum atomic E-state index is 15.2. The van der Waals surface area contributed by atoms with E-state index in [0.717, 1.165) is 5.69 Å². The third-order valence-electron chi connectivity index (χ3n) is 6.54. The number of nitrogens with one attached hydrogen (secondary N) is 2. The topological polar surface area (TPSA) is 131 Å². The molecule has 0 saturated heterocycles. The molecule has 1 amide bonds. The number of ether oxygens (including phenoxy) is 1. The van der Waals surface area contributed by atoms with Gasteiger partial charge in [-0.1, -0.05) is 0 Å². The molecule has 2 aliphatic heterocycles. The zero-order valence-electron chi connectivity index (χ0n) is 19.9. The van der Waals surface area contributed by atoms with Crippen molar-refractivity contribution in [3.05, 3.63) is 53.7 Å². The summed E-state index contributed by atoms with van der Waals surface area (Å²) >= 11 is 0. The van der Waals surface area contributed by atoms with Crippen molar-refractivity contribution >= 4 is 44.0 Å². The van der Waals surface area contributed by atoms with Crippen LogP contribution in [0.2, 0.25) is 0 Å². The fourth-order valence-electron chi connectivity index (χ4n) is 4.48. The molecule has 13 heteroatoms. The van der Waals surface area contributed by atoms with Gasteiger partial charge in [0.15, 0.2) is 5.82 Å². The third kappa shape index (κ3) is 4.20. The fourth-order valence-corrected chi connectivity index (χ4v) is 5.36. The number of hydrogen-bond acceptors (Lipinski definition) is 8. The molecule has 2 N–H and O–H groups in total. The number of sulfonamides is 1. The van der Waals surface area contributed by atoms with E-state index in [9.17, 15) is 13.2 Å². The Kier molecular flexibility index (Phi) is 5.26. The Hall–Kier alpha value is -4.26. The van der Waals surface area contributed by atoms with Gasteiger partial charge in [0.25, 0.3) is 10.0 Å². The van der Waals surface area contributed by atoms with Crippen molar-refractivity contribution in [1.82, 2.24) is 24.6 Å². The lowest BCUT2D eigenvalue weighted by atomic mass is 9.98. The lowest BCUT2D eigenvalue weighted by Gasteiger charge is -2.21. The van der Waals surface area contributed by atoms with Gasteiger partial charge in [0.05, 0.1) is 0 Å². The fraction of sp³-hybridized carbons (Fsp3) is 0.250. The molecule has 0 aliphatic carbocycles. The summed E-state index contributed by atoms with van der Waals surface area (Å²) in [6.45, 7) is 2.48. The van der Waals surface area contributed by atoms with E-state index in [1.54, 1.807) is 41.9 Å². The second-order valence-electron chi connectivity index (χ2n) is 9.07. The van der Waals surface area contributed by atoms with Gasteiger partial charge in [-0.25, -0.2) is 22.8 Å². The Balaban J connectivity index is 1.34. The normalized spacial score (nSPS) is 16.4. The SMILES string of the molecule is Cc1c(-c2cc3cc(Nc4cc5n(n4)CC(=O)N(C)CC5)ncc3cc2F)cnc2c1NS(=O)(=O)CO2. The molecule has 2 aliphatic rings. The highest BCUT2D eigenvalue weighted by Gasteiger charge is 2.26. The molecular weight excluding hydrogens is 501 g/mol. The number of benzene rings is 1. The molecule has 11 nitrogen and oxygen atoms in total. The van der Waals surface area contributed by atoms with Crippen molar-refractivity contribution in [3.8, 4) is 17.0 Å². The first-order chi connectivity index (χ1) is 17.7. The number of carbonyl (C=O) groups excluding carboxylic acids is 1. The minimum atomic E-state index is -3.66. The Morgan fingerprint density at radius 1 is 1.08 bits per heavy atom. The molecule has 4 aromatic rings. The quantitative estimate of drug-likeness (QED) is 0.419. The van der Waals surface area contributed by atoms with Gasteiger partial charge in [-0.05, 0) is 36.1 Å². The van der Waals surface area contributed by atoms with E-state index in [1.807, 2.05) is 6.07 Å². The lowest BCUT2D eigenvalue weighted by molar-refractivity contribution is -0.130. The van der Waals surface area contributed by atoms with Gasteiger partial charge in [-0.15, -0.1) is 0 Å². The number of anilines is 3. The molecule has 0 radical (unpaired) electrons. The van der Waals surface area contributed by atoms with Gasteiger partial charge < -0.3 is 15.0 Å². The highest BCUT2D eigenvalue weighted by atomic mass is 32.2. The van der Waals surface area contributed by atoms with E-state index in [0.29, 0.717) is 46.5 Å². The van der Waals surface area contributed by atoms with Gasteiger partial charge in [0, 0.05) is 60.7 Å². The largest absolute Gasteiger partial charge is 0.458 e. The van der Waals surface area contributed by atoms with Crippen molar-refractivity contribution in [2.24, 2.45) is 0 Å². The number of fused-ring (bicyclic) bond motifs is 3. The number of hydrogen-bond donors (Lipinski definition) is 2. The second kappa shape index (κ2) is 8.40. The van der Waals surface area contributed by atoms with Crippen LogP contribution in [0.5, 0.6) is 5.88 Å². The average Bonchev–Trinajstić information content (AvgIpc) is 3.17. The number of aromatic nitrogens is 4. The molecule has 37 heavy (non-hydrogen) atoms. The standard InChI is InChI=1S/C24H22FN7O4S/c1-13-18(10-27-24-23(13)30-37(34,35)12-36-24)17-5-14-7-20(26-9-15(14)6-19(17)25)28-21-8-16-3-4-31(2)22(33)11-32(16)29-21/h5-10,30H,3-4,11-12H2,1-2H3,(H,26,28,29). The second-order valence-corrected chi connectivity index (χ2v) is 10.7. The molecule has 0 unspecified atom stereocenters. The van der Waals surface area contributed by atoms with Crippen molar-refractivity contribution in [2.75, 3.05) is 29.6 Å². The molecule has 3 aromatic heterocycles. The van der Waals surface area contributed by atoms with E-state index in [4.69, 9.17) is 4.74 Å². The van der Waals surface area contributed by atoms with Gasteiger partial charge in [0.1, 0.15) is 23.9 Å². The number of halogens is 1. The summed E-state index contributed by atoms with van der Waals surface area (Å²) in [4.78, 5) is 22.4. The molecule has 1 aromatic carbocycles. The zero-order chi connectivity index (χ0) is 25.9. The summed E-state index contributed by atoms with van der Waals surface area (Å²) in [7, 11) is -1.88. The Bertz CT molecular complexity index is 1700. The number of rotatable bonds is 3. The first-order valence-corrected chi connectivity index (χ1v) is 13.1. The van der Waals surface area contributed by atoms with E-state index in [-0.39, 0.29) is 29.6 Å². The molecule has 0 atom stereocenters. The molecular formula is C24H22FN7O4S. The summed E-state index contributed by atoms with van der Waals surface area (Å²) < 4.78 is 48.5. The summed E-state index contributed by atoms with van der Waals surface area (Å²) in [5.41, 5.74) is 2.34. The van der Waals surface area contributed by atoms with Crippen LogP contribution in [0.4, 0.5) is 21.7 Å². The third-order valence-corrected chi connectivity index (χ3v) is 7.49. The highest BCUT2D eigenvalue weighted by Crippen LogP contribution is 2.38. The molecule has 190 valence electrons. The number of pyridine rings is 2. The van der Waals surface area contributed by atoms with Crippen LogP contribution < -0.4 is 14.8 Å². The predicted molar refractivity (Wildman–Crippen MR) is 135 cm³/mol. The monoisotopic (exact) mass is 523 g/mol. The minimum absolute atomic E-state index is 0.00175. The molecule has 6 rings (SSSR count). The first kappa shape index (κ1) is 23.2. The van der Waals surface area contributed by atoms with E-state index in [2.05, 4.69) is 25.1 Å². The molecule has 0 saturated carbocycles. The van der Waals surface area contributed by atoms with Crippen LogP contribution in [0.1, 0.15) is 11.3 Å². The number of likely N-dealkylation sites (N-methyl/N-ethyl adjacent to an activating group) is 1. The van der Waals surface area contributed by atoms with Crippen molar-refractivity contribution in [3.63, 3.8) is 0 Å². The van der Waals surface area contributed by atoms with Crippen LogP contribution in [-0.2, 0) is 27.8 Å². The average molecular weight is 524 g/mol. The van der Waals surface area contributed by atoms with Gasteiger partial charge in [-0.2, -0.15) is 5.10 Å². The smallest absolute Gasteiger partial charge is 0.268 e. The lowest BCUT2D eigenvalue weighted by Crippen LogP contribution is -2.29. The van der Waals surface area contributed by atoms with Gasteiger partial charge in [0.2, 0.25) is 17.7 Å². The van der Waals surface area contributed by atoms with E-state index in [1.165, 1.54) is 12.3 Å². The Morgan fingerprint density at radius 3 is 2.76 bits per heavy atom. The maximum Gasteiger partial charge on any atom is 0.268 e. The van der Waals surface area contributed by atoms with Crippen LogP contribution in [0.3, 0.4) is 0 Å². The zero-order valence-corrected chi connectivity index (χ0v) is 20.8. The summed E-state index contributed by atoms with van der Waals surface area (Å²) in [6.07, 6.45) is 3.72. The first-order valence-electron chi connectivity index (χ1n) is 11.5. The van der Waals surface area contributed by atoms with Crippen LogP contribution in [0.25, 0.3) is 21.9 Å². The molecule has 5 heterocycles. The maximum absolute atomic E-state index is 15.2. The summed E-state index contributed by atoms with van der Waals surface area (Å²) in [5.74, 6) is 0.197. The molecule has 0 spiro atoms. The van der Waals surface area contributed by atoms with Crippen LogP contribution in [0.15, 0.2) is 36.7 Å². The minimum Gasteiger partial charge on any atom is -0.458 e. The number of amides is 1. The van der Waals surface area contributed by atoms with E-state index >= 15 is 4.39 Å². The number of nitrogens with zero attached hydrogens (tertiary/aromatic N) is 5. The van der Waals surface area contributed by atoms with E-state index < -0.39 is 21.8 Å². The van der Waals surface area contributed by atoms with Gasteiger partial charge in [-0.3, -0.25) is 14.2 Å². The van der Waals surface area contributed by atoms with Crippen LogP contribution >= 0.6 is 0 Å². The Morgan fingerprint density at radius 2 is 1.92 bits per heavy atom. The van der Waals surface area contributed by atoms with Crippen molar-refractivity contribution < 1.29 is 22.3 Å². The van der Waals surface area contributed by atoms with Crippen molar-refractivity contribution in [1.29, 1.82) is 0 Å². The summed E-state index contributed by atoms with van der Waals surface area (Å²) in [6, 6.07) is 6.71. The van der Waals surface area contributed by atoms with Crippen molar-refractivity contribution in [2.45, 2.75) is 19.9 Å². The number of carbonyl (C=O) groups is 1. The summed E-state index contributed by atoms with van der Waals surface area (Å²) in [5, 5.41) is 8.96. The molecule has 0 fully saturated rings. The predicted octanol–water partition coefficient (Wildman–Crippen LogP) is 2.79. The Labute approximate surface area is 211 Å². The highest BCUT2D eigenvalue weighted by molar-refractivity contribution is 7.92. The molecule has 0 bridgehead atoms. The van der Waals surface area contributed by atoms with Crippen LogP contribution in [-0.4, -0.2) is 58.5 Å². The van der Waals surface area contributed by atoms with Crippen LogP contribution in [0, 0.1) is 12.7 Å². The van der Waals surface area contributed by atoms with Gasteiger partial charge >= 0.3 is 0 Å².